The molecule has 2 aromatic carbocycles. The minimum atomic E-state index is -0.793. The van der Waals surface area contributed by atoms with Gasteiger partial charge >= 0.3 is 0 Å². The van der Waals surface area contributed by atoms with Gasteiger partial charge in [0.05, 0.1) is 6.10 Å². The van der Waals surface area contributed by atoms with Gasteiger partial charge in [0.2, 0.25) is 11.8 Å². The number of benzene rings is 2. The second kappa shape index (κ2) is 10.9. The quantitative estimate of drug-likeness (QED) is 0.464. The Balaban J connectivity index is 1.29. The van der Waals surface area contributed by atoms with Gasteiger partial charge in [0.25, 0.3) is 5.91 Å². The molecular formula is C31H35N3O4S. The predicted octanol–water partition coefficient (Wildman–Crippen LogP) is 4.29. The Morgan fingerprint density at radius 1 is 1.10 bits per heavy atom. The molecule has 1 fully saturated rings. The Labute approximate surface area is 233 Å². The van der Waals surface area contributed by atoms with Crippen LogP contribution in [0.3, 0.4) is 0 Å². The van der Waals surface area contributed by atoms with Crippen molar-refractivity contribution in [1.82, 2.24) is 15.1 Å². The molecule has 3 aromatic rings. The van der Waals surface area contributed by atoms with E-state index in [1.165, 1.54) is 15.3 Å². The van der Waals surface area contributed by atoms with Gasteiger partial charge in [0.15, 0.2) is 0 Å². The summed E-state index contributed by atoms with van der Waals surface area (Å²) in [5.74, 6) is -0.925. The van der Waals surface area contributed by atoms with E-state index in [9.17, 15) is 19.5 Å². The number of carbonyl (C=O) groups excluding carboxylic acids is 3. The Morgan fingerprint density at radius 3 is 2.54 bits per heavy atom. The summed E-state index contributed by atoms with van der Waals surface area (Å²) in [5.41, 5.74) is 5.98. The molecule has 204 valence electrons. The first-order valence-electron chi connectivity index (χ1n) is 13.4. The van der Waals surface area contributed by atoms with Gasteiger partial charge in [-0.15, -0.1) is 11.3 Å². The topological polar surface area (TPSA) is 89.9 Å². The third-order valence-corrected chi connectivity index (χ3v) is 8.92. The van der Waals surface area contributed by atoms with Gasteiger partial charge in [-0.25, -0.2) is 0 Å². The lowest BCUT2D eigenvalue weighted by molar-refractivity contribution is -0.143. The number of aliphatic hydroxyl groups excluding tert-OH is 1. The second-order valence-electron chi connectivity index (χ2n) is 11.0. The third kappa shape index (κ3) is 5.23. The Bertz CT molecular complexity index is 1410. The first-order valence-corrected chi connectivity index (χ1v) is 14.3. The number of aryl methyl sites for hydroxylation is 2. The molecule has 0 saturated carbocycles. The number of rotatable bonds is 7. The number of aliphatic hydroxyl groups is 1. The molecule has 0 bridgehead atoms. The van der Waals surface area contributed by atoms with Crippen molar-refractivity contribution >= 4 is 29.1 Å². The SMILES string of the molecule is Cc1cc(-c2sccc2C)ccc1CNC(=O)C1C[C@@H](O)CN1C(=O)[C@H](C(C)C)N1Cc2ccccc2C1=O. The summed E-state index contributed by atoms with van der Waals surface area (Å²) in [7, 11) is 0. The van der Waals surface area contributed by atoms with Gasteiger partial charge in [-0.2, -0.15) is 0 Å². The molecule has 3 atom stereocenters. The van der Waals surface area contributed by atoms with Gasteiger partial charge in [-0.1, -0.05) is 50.2 Å². The fourth-order valence-electron chi connectivity index (χ4n) is 5.76. The highest BCUT2D eigenvalue weighted by molar-refractivity contribution is 7.13. The lowest BCUT2D eigenvalue weighted by Gasteiger charge is -2.35. The average molecular weight is 546 g/mol. The van der Waals surface area contributed by atoms with Crippen molar-refractivity contribution in [3.8, 4) is 10.4 Å². The van der Waals surface area contributed by atoms with E-state index in [2.05, 4.69) is 35.8 Å². The number of fused-ring (bicyclic) bond motifs is 1. The zero-order valence-electron chi connectivity index (χ0n) is 22.8. The average Bonchev–Trinajstić information content (AvgIpc) is 3.60. The van der Waals surface area contributed by atoms with E-state index in [1.54, 1.807) is 22.3 Å². The van der Waals surface area contributed by atoms with Crippen molar-refractivity contribution in [3.05, 3.63) is 81.7 Å². The maximum Gasteiger partial charge on any atom is 0.255 e. The summed E-state index contributed by atoms with van der Waals surface area (Å²) in [6, 6.07) is 14.2. The van der Waals surface area contributed by atoms with Crippen molar-refractivity contribution in [1.29, 1.82) is 0 Å². The van der Waals surface area contributed by atoms with E-state index in [0.717, 1.165) is 22.3 Å². The maximum atomic E-state index is 13.9. The van der Waals surface area contributed by atoms with Crippen LogP contribution in [-0.4, -0.2) is 57.4 Å². The molecule has 0 radical (unpaired) electrons. The van der Waals surface area contributed by atoms with Crippen molar-refractivity contribution in [2.45, 2.75) is 65.4 Å². The molecule has 1 unspecified atom stereocenters. The zero-order valence-corrected chi connectivity index (χ0v) is 23.6. The smallest absolute Gasteiger partial charge is 0.255 e. The summed E-state index contributed by atoms with van der Waals surface area (Å²) < 4.78 is 0. The molecule has 7 nitrogen and oxygen atoms in total. The molecular weight excluding hydrogens is 510 g/mol. The normalized spacial score (nSPS) is 19.5. The van der Waals surface area contributed by atoms with E-state index in [0.29, 0.717) is 18.7 Å². The third-order valence-electron chi connectivity index (χ3n) is 7.85. The van der Waals surface area contributed by atoms with Gasteiger partial charge in [0.1, 0.15) is 12.1 Å². The van der Waals surface area contributed by atoms with Crippen LogP contribution < -0.4 is 5.32 Å². The Kier molecular flexibility index (Phi) is 7.60. The van der Waals surface area contributed by atoms with Crippen LogP contribution in [0.1, 0.15) is 52.9 Å². The van der Waals surface area contributed by atoms with Crippen LogP contribution in [0.2, 0.25) is 0 Å². The monoisotopic (exact) mass is 545 g/mol. The van der Waals surface area contributed by atoms with Crippen molar-refractivity contribution in [2.75, 3.05) is 6.54 Å². The van der Waals surface area contributed by atoms with Crippen molar-refractivity contribution < 1.29 is 19.5 Å². The van der Waals surface area contributed by atoms with Crippen molar-refractivity contribution in [2.24, 2.45) is 5.92 Å². The van der Waals surface area contributed by atoms with Crippen LogP contribution in [0, 0.1) is 19.8 Å². The molecule has 0 spiro atoms. The molecule has 3 heterocycles. The molecule has 8 heteroatoms. The lowest BCUT2D eigenvalue weighted by Crippen LogP contribution is -2.55. The first-order chi connectivity index (χ1) is 18.7. The number of hydrogen-bond donors (Lipinski definition) is 2. The number of amides is 3. The Hall–Kier alpha value is -3.49. The fourth-order valence-corrected chi connectivity index (χ4v) is 6.69. The van der Waals surface area contributed by atoms with E-state index >= 15 is 0 Å². The summed E-state index contributed by atoms with van der Waals surface area (Å²) in [5, 5.41) is 15.5. The maximum absolute atomic E-state index is 13.9. The molecule has 2 aliphatic heterocycles. The molecule has 1 saturated heterocycles. The van der Waals surface area contributed by atoms with E-state index in [4.69, 9.17) is 0 Å². The molecule has 2 N–H and O–H groups in total. The van der Waals surface area contributed by atoms with Crippen LogP contribution in [0.4, 0.5) is 0 Å². The van der Waals surface area contributed by atoms with Gasteiger partial charge in [-0.05, 0) is 65.1 Å². The second-order valence-corrected chi connectivity index (χ2v) is 11.9. The summed E-state index contributed by atoms with van der Waals surface area (Å²) in [4.78, 5) is 44.7. The van der Waals surface area contributed by atoms with E-state index in [1.807, 2.05) is 45.0 Å². The summed E-state index contributed by atoms with van der Waals surface area (Å²) >= 11 is 1.71. The highest BCUT2D eigenvalue weighted by Crippen LogP contribution is 2.32. The minimum Gasteiger partial charge on any atom is -0.391 e. The first kappa shape index (κ1) is 27.1. The predicted molar refractivity (Wildman–Crippen MR) is 152 cm³/mol. The molecule has 3 amide bonds. The summed E-state index contributed by atoms with van der Waals surface area (Å²) in [6.45, 7) is 8.70. The van der Waals surface area contributed by atoms with Crippen molar-refractivity contribution in [3.63, 3.8) is 0 Å². The number of carbonyl (C=O) groups is 3. The van der Waals surface area contributed by atoms with E-state index < -0.39 is 18.2 Å². The standard InChI is InChI=1S/C31H35N3O4S/c1-18(2)27(34-16-23-7-5-6-8-25(23)30(34)37)31(38)33-17-24(35)14-26(33)29(36)32-15-22-10-9-21(13-20(22)4)28-19(3)11-12-39-28/h5-13,18,24,26-27,35H,14-17H2,1-4H3,(H,32,36)/t24-,26?,27+/m1/s1. The number of nitrogens with zero attached hydrogens (tertiary/aromatic N) is 2. The van der Waals surface area contributed by atoms with Crippen LogP contribution in [0.15, 0.2) is 53.9 Å². The fraction of sp³-hybridized carbons (Fsp3) is 0.387. The Morgan fingerprint density at radius 2 is 1.87 bits per heavy atom. The summed E-state index contributed by atoms with van der Waals surface area (Å²) in [6.07, 6.45) is -0.620. The number of nitrogens with one attached hydrogen (secondary N) is 1. The van der Waals surface area contributed by atoms with Crippen LogP contribution in [0.25, 0.3) is 10.4 Å². The van der Waals surface area contributed by atoms with Gasteiger partial charge in [-0.3, -0.25) is 14.4 Å². The molecule has 39 heavy (non-hydrogen) atoms. The van der Waals surface area contributed by atoms with Gasteiger partial charge < -0.3 is 20.2 Å². The molecule has 1 aromatic heterocycles. The zero-order chi connectivity index (χ0) is 27.8. The van der Waals surface area contributed by atoms with Crippen LogP contribution in [0.5, 0.6) is 0 Å². The number of β-amino-alcohol motifs (C(OH)–C–C–N with tert-alkyl or cyclic N) is 1. The highest BCUT2D eigenvalue weighted by atomic mass is 32.1. The molecule has 2 aliphatic rings. The molecule has 0 aliphatic carbocycles. The minimum absolute atomic E-state index is 0.0724. The number of hydrogen-bond acceptors (Lipinski definition) is 5. The lowest BCUT2D eigenvalue weighted by atomic mass is 10.00. The van der Waals surface area contributed by atoms with Gasteiger partial charge in [0, 0.05) is 36.5 Å². The molecule has 5 rings (SSSR count). The largest absolute Gasteiger partial charge is 0.391 e. The number of thiophene rings is 1. The van der Waals surface area contributed by atoms with E-state index in [-0.39, 0.29) is 36.6 Å². The number of likely N-dealkylation sites (tertiary alicyclic amines) is 1. The van der Waals surface area contributed by atoms with Crippen LogP contribution in [-0.2, 0) is 22.7 Å². The highest BCUT2D eigenvalue weighted by Gasteiger charge is 2.45. The van der Waals surface area contributed by atoms with Crippen LogP contribution >= 0.6 is 11.3 Å².